The van der Waals surface area contributed by atoms with Crippen molar-refractivity contribution in [3.05, 3.63) is 65.2 Å². The van der Waals surface area contributed by atoms with Crippen LogP contribution in [0.2, 0.25) is 0 Å². The minimum Gasteiger partial charge on any atom is -0.372 e. The molecule has 0 saturated carbocycles. The number of benzene rings is 2. The molecule has 2 aromatic carbocycles. The summed E-state index contributed by atoms with van der Waals surface area (Å²) in [5, 5.41) is 3.12. The zero-order valence-corrected chi connectivity index (χ0v) is 17.1. The van der Waals surface area contributed by atoms with Gasteiger partial charge >= 0.3 is 0 Å². The highest BCUT2D eigenvalue weighted by Gasteiger charge is 2.16. The second kappa shape index (κ2) is 8.16. The zero-order chi connectivity index (χ0) is 19.4. The van der Waals surface area contributed by atoms with Crippen LogP contribution < -0.4 is 10.2 Å². The Morgan fingerprint density at radius 2 is 1.52 bits per heavy atom. The van der Waals surface area contributed by atoms with Gasteiger partial charge in [0.25, 0.3) is 5.91 Å². The van der Waals surface area contributed by atoms with Crippen LogP contribution in [0, 0.1) is 0 Å². The molecule has 1 heterocycles. The van der Waals surface area contributed by atoms with Gasteiger partial charge in [-0.15, -0.1) is 0 Å². The summed E-state index contributed by atoms with van der Waals surface area (Å²) in [4.78, 5) is 15.0. The number of nitrogens with zero attached hydrogens (tertiary/aromatic N) is 1. The second-order valence-corrected chi connectivity index (χ2v) is 8.66. The van der Waals surface area contributed by atoms with Crippen LogP contribution in [0.25, 0.3) is 0 Å². The number of nitrogens with one attached hydrogen (secondary N) is 1. The molecular formula is C24H32N2O. The second-order valence-electron chi connectivity index (χ2n) is 8.66. The Morgan fingerprint density at radius 1 is 0.926 bits per heavy atom. The molecule has 1 aliphatic heterocycles. The number of carbonyl (C=O) groups is 1. The molecule has 0 aromatic heterocycles. The first-order valence-electron chi connectivity index (χ1n) is 10.1. The van der Waals surface area contributed by atoms with Crippen LogP contribution in [0.15, 0.2) is 48.5 Å². The van der Waals surface area contributed by atoms with Gasteiger partial charge in [-0.25, -0.2) is 0 Å². The maximum Gasteiger partial charge on any atom is 0.251 e. The van der Waals surface area contributed by atoms with E-state index in [1.165, 1.54) is 30.5 Å². The van der Waals surface area contributed by atoms with Crippen molar-refractivity contribution in [2.24, 2.45) is 0 Å². The average Bonchev–Trinajstić information content (AvgIpc) is 2.68. The van der Waals surface area contributed by atoms with Crippen molar-refractivity contribution in [3.63, 3.8) is 0 Å². The highest BCUT2D eigenvalue weighted by Crippen LogP contribution is 2.24. The van der Waals surface area contributed by atoms with E-state index in [4.69, 9.17) is 0 Å². The molecule has 144 valence electrons. The average molecular weight is 365 g/mol. The van der Waals surface area contributed by atoms with Crippen LogP contribution in [0.1, 0.15) is 74.5 Å². The minimum absolute atomic E-state index is 0.0201. The van der Waals surface area contributed by atoms with E-state index in [-0.39, 0.29) is 17.4 Å². The molecule has 1 amide bonds. The quantitative estimate of drug-likeness (QED) is 0.781. The Kier molecular flexibility index (Phi) is 5.88. The predicted octanol–water partition coefficient (Wildman–Crippen LogP) is 5.47. The number of carbonyl (C=O) groups excluding carboxylic acids is 1. The number of anilines is 1. The van der Waals surface area contributed by atoms with Crippen molar-refractivity contribution < 1.29 is 4.79 Å². The molecule has 27 heavy (non-hydrogen) atoms. The molecule has 1 aliphatic rings. The summed E-state index contributed by atoms with van der Waals surface area (Å²) >= 11 is 0. The molecule has 3 heteroatoms. The first kappa shape index (κ1) is 19.5. The lowest BCUT2D eigenvalue weighted by Gasteiger charge is -2.28. The summed E-state index contributed by atoms with van der Waals surface area (Å²) in [5.74, 6) is -0.0207. The summed E-state index contributed by atoms with van der Waals surface area (Å²) in [6, 6.07) is 16.6. The lowest BCUT2D eigenvalue weighted by molar-refractivity contribution is 0.0940. The lowest BCUT2D eigenvalue weighted by atomic mass is 9.86. The largest absolute Gasteiger partial charge is 0.372 e. The molecule has 0 radical (unpaired) electrons. The van der Waals surface area contributed by atoms with E-state index in [0.29, 0.717) is 5.56 Å². The van der Waals surface area contributed by atoms with Crippen molar-refractivity contribution in [2.45, 2.75) is 58.4 Å². The third kappa shape index (κ3) is 4.91. The van der Waals surface area contributed by atoms with Gasteiger partial charge < -0.3 is 10.2 Å². The molecule has 0 aliphatic carbocycles. The summed E-state index contributed by atoms with van der Waals surface area (Å²) in [7, 11) is 0. The monoisotopic (exact) mass is 364 g/mol. The number of hydrogen-bond donors (Lipinski definition) is 1. The van der Waals surface area contributed by atoms with E-state index in [2.05, 4.69) is 67.4 Å². The fourth-order valence-electron chi connectivity index (χ4n) is 3.61. The fraction of sp³-hybridized carbons (Fsp3) is 0.458. The number of hydrogen-bond acceptors (Lipinski definition) is 2. The lowest BCUT2D eigenvalue weighted by Crippen LogP contribution is -2.29. The molecule has 0 unspecified atom stereocenters. The molecule has 1 fully saturated rings. The third-order valence-corrected chi connectivity index (χ3v) is 5.48. The van der Waals surface area contributed by atoms with Gasteiger partial charge in [-0.1, -0.05) is 45.0 Å². The van der Waals surface area contributed by atoms with Crippen LogP contribution in [0.3, 0.4) is 0 Å². The van der Waals surface area contributed by atoms with E-state index in [1.54, 1.807) is 0 Å². The molecule has 0 spiro atoms. The van der Waals surface area contributed by atoms with Gasteiger partial charge in [0.05, 0.1) is 6.04 Å². The van der Waals surface area contributed by atoms with E-state index in [9.17, 15) is 4.79 Å². The molecule has 2 aromatic rings. The number of amides is 1. The molecular weight excluding hydrogens is 332 g/mol. The SMILES string of the molecule is C[C@@H](NC(=O)c1ccc(N2CCCCC2)cc1)c1ccc(C(C)(C)C)cc1. The molecule has 1 saturated heterocycles. The Balaban J connectivity index is 1.62. The molecule has 1 atom stereocenters. The summed E-state index contributed by atoms with van der Waals surface area (Å²) < 4.78 is 0. The Labute approximate surface area is 163 Å². The number of piperidine rings is 1. The van der Waals surface area contributed by atoms with Gasteiger partial charge in [0, 0.05) is 24.3 Å². The van der Waals surface area contributed by atoms with Crippen LogP contribution in [-0.2, 0) is 5.41 Å². The van der Waals surface area contributed by atoms with Crippen LogP contribution in [0.5, 0.6) is 0 Å². The van der Waals surface area contributed by atoms with Gasteiger partial charge in [-0.05, 0) is 67.0 Å². The summed E-state index contributed by atoms with van der Waals surface area (Å²) in [6.07, 6.45) is 3.84. The van der Waals surface area contributed by atoms with Crippen LogP contribution in [-0.4, -0.2) is 19.0 Å². The maximum atomic E-state index is 12.6. The van der Waals surface area contributed by atoms with E-state index in [1.807, 2.05) is 19.1 Å². The topological polar surface area (TPSA) is 32.3 Å². The minimum atomic E-state index is -0.0207. The zero-order valence-electron chi connectivity index (χ0n) is 17.1. The Morgan fingerprint density at radius 3 is 2.07 bits per heavy atom. The number of rotatable bonds is 4. The third-order valence-electron chi connectivity index (χ3n) is 5.48. The molecule has 1 N–H and O–H groups in total. The first-order chi connectivity index (χ1) is 12.8. The first-order valence-corrected chi connectivity index (χ1v) is 10.1. The predicted molar refractivity (Wildman–Crippen MR) is 114 cm³/mol. The van der Waals surface area contributed by atoms with Crippen molar-refractivity contribution in [1.82, 2.24) is 5.32 Å². The van der Waals surface area contributed by atoms with Gasteiger partial charge in [0.2, 0.25) is 0 Å². The van der Waals surface area contributed by atoms with Gasteiger partial charge in [-0.2, -0.15) is 0 Å². The van der Waals surface area contributed by atoms with Gasteiger partial charge in [0.15, 0.2) is 0 Å². The van der Waals surface area contributed by atoms with Gasteiger partial charge in [0.1, 0.15) is 0 Å². The maximum absolute atomic E-state index is 12.6. The standard InChI is InChI=1S/C24H32N2O/c1-18(19-8-12-21(13-9-19)24(2,3)4)25-23(27)20-10-14-22(15-11-20)26-16-6-5-7-17-26/h8-15,18H,5-7,16-17H2,1-4H3,(H,25,27)/t18-/m1/s1. The highest BCUT2D eigenvalue weighted by molar-refractivity contribution is 5.94. The molecule has 0 bridgehead atoms. The van der Waals surface area contributed by atoms with Gasteiger partial charge in [-0.3, -0.25) is 4.79 Å². The fourth-order valence-corrected chi connectivity index (χ4v) is 3.61. The molecule has 3 rings (SSSR count). The van der Waals surface area contributed by atoms with Crippen LogP contribution >= 0.6 is 0 Å². The highest BCUT2D eigenvalue weighted by atomic mass is 16.1. The van der Waals surface area contributed by atoms with Crippen molar-refractivity contribution in [1.29, 1.82) is 0 Å². The van der Waals surface area contributed by atoms with Crippen molar-refractivity contribution in [2.75, 3.05) is 18.0 Å². The summed E-state index contributed by atoms with van der Waals surface area (Å²) in [5.41, 5.74) is 4.51. The smallest absolute Gasteiger partial charge is 0.251 e. The Bertz CT molecular complexity index is 750. The van der Waals surface area contributed by atoms with E-state index < -0.39 is 0 Å². The van der Waals surface area contributed by atoms with Crippen molar-refractivity contribution >= 4 is 11.6 Å². The Hall–Kier alpha value is -2.29. The van der Waals surface area contributed by atoms with Crippen molar-refractivity contribution in [3.8, 4) is 0 Å². The van der Waals surface area contributed by atoms with E-state index >= 15 is 0 Å². The normalized spacial score (nSPS) is 16.1. The van der Waals surface area contributed by atoms with Crippen LogP contribution in [0.4, 0.5) is 5.69 Å². The van der Waals surface area contributed by atoms with E-state index in [0.717, 1.165) is 18.7 Å². The molecule has 3 nitrogen and oxygen atoms in total. The summed E-state index contributed by atoms with van der Waals surface area (Å²) in [6.45, 7) is 10.9.